The first-order valence-corrected chi connectivity index (χ1v) is 7.65. The van der Waals surface area contributed by atoms with Gasteiger partial charge < -0.3 is 9.72 Å². The summed E-state index contributed by atoms with van der Waals surface area (Å²) < 4.78 is 6.83. The molecule has 1 heterocycles. The van der Waals surface area contributed by atoms with E-state index in [2.05, 4.69) is 39.7 Å². The second-order valence-corrected chi connectivity index (χ2v) is 6.16. The summed E-state index contributed by atoms with van der Waals surface area (Å²) in [4.78, 5) is 7.82. The third-order valence-corrected chi connectivity index (χ3v) is 4.32. The SMILES string of the molecule is COc1ccccc1-c1nc(=S)c(Br)c(CC(C)C)[nH]1. The molecule has 2 rings (SSSR count). The molecule has 1 aromatic heterocycles. The van der Waals surface area contributed by atoms with Crippen molar-refractivity contribution < 1.29 is 4.74 Å². The smallest absolute Gasteiger partial charge is 0.144 e. The highest BCUT2D eigenvalue weighted by atomic mass is 79.9. The third-order valence-electron chi connectivity index (χ3n) is 2.91. The average Bonchev–Trinajstić information content (AvgIpc) is 2.43. The minimum absolute atomic E-state index is 0.532. The Balaban J connectivity index is 2.58. The lowest BCUT2D eigenvalue weighted by molar-refractivity contribution is 0.416. The lowest BCUT2D eigenvalue weighted by Gasteiger charge is -2.12. The van der Waals surface area contributed by atoms with Gasteiger partial charge in [0.15, 0.2) is 0 Å². The molecule has 0 bridgehead atoms. The van der Waals surface area contributed by atoms with E-state index in [1.54, 1.807) is 7.11 Å². The summed E-state index contributed by atoms with van der Waals surface area (Å²) in [7, 11) is 1.65. The molecule has 0 aliphatic rings. The van der Waals surface area contributed by atoms with Gasteiger partial charge >= 0.3 is 0 Å². The van der Waals surface area contributed by atoms with E-state index in [-0.39, 0.29) is 0 Å². The first-order chi connectivity index (χ1) is 9.52. The fourth-order valence-corrected chi connectivity index (χ4v) is 2.59. The van der Waals surface area contributed by atoms with Crippen molar-refractivity contribution in [3.63, 3.8) is 0 Å². The zero-order valence-corrected chi connectivity index (χ0v) is 14.1. The summed E-state index contributed by atoms with van der Waals surface area (Å²) in [5.41, 5.74) is 1.99. The number of halogens is 1. The van der Waals surface area contributed by atoms with Gasteiger partial charge in [-0.25, -0.2) is 4.98 Å². The average molecular weight is 353 g/mol. The molecule has 1 N–H and O–H groups in total. The van der Waals surface area contributed by atoms with E-state index < -0.39 is 0 Å². The number of hydrogen-bond acceptors (Lipinski definition) is 3. The highest BCUT2D eigenvalue weighted by Gasteiger charge is 2.12. The number of benzene rings is 1. The highest BCUT2D eigenvalue weighted by molar-refractivity contribution is 9.10. The minimum atomic E-state index is 0.532. The number of nitrogens with zero attached hydrogens (tertiary/aromatic N) is 1. The van der Waals surface area contributed by atoms with Crippen LogP contribution in [0.2, 0.25) is 0 Å². The van der Waals surface area contributed by atoms with Crippen molar-refractivity contribution in [3.05, 3.63) is 39.1 Å². The third kappa shape index (κ3) is 3.27. The topological polar surface area (TPSA) is 37.9 Å². The van der Waals surface area contributed by atoms with Crippen LogP contribution in [0.4, 0.5) is 0 Å². The standard InChI is InChI=1S/C15H17BrN2OS/c1-9(2)8-11-13(16)15(20)18-14(17-11)10-6-4-5-7-12(10)19-3/h4-7,9H,8H2,1-3H3,(H,17,18,20). The van der Waals surface area contributed by atoms with Gasteiger partial charge in [0.1, 0.15) is 16.2 Å². The fourth-order valence-electron chi connectivity index (χ4n) is 2.02. The van der Waals surface area contributed by atoms with Crippen molar-refractivity contribution in [2.24, 2.45) is 5.92 Å². The Bertz CT molecular complexity index is 667. The predicted octanol–water partition coefficient (Wildman–Crippen LogP) is 4.78. The van der Waals surface area contributed by atoms with Crippen LogP contribution in [0.25, 0.3) is 11.4 Å². The fraction of sp³-hybridized carbons (Fsp3) is 0.333. The summed E-state index contributed by atoms with van der Waals surface area (Å²) in [5, 5.41) is 0. The predicted molar refractivity (Wildman–Crippen MR) is 87.7 cm³/mol. The van der Waals surface area contributed by atoms with Crippen LogP contribution in [0.5, 0.6) is 5.75 Å². The molecule has 20 heavy (non-hydrogen) atoms. The zero-order chi connectivity index (χ0) is 14.7. The molecule has 0 aliphatic heterocycles. The van der Waals surface area contributed by atoms with Crippen LogP contribution in [0.1, 0.15) is 19.5 Å². The summed E-state index contributed by atoms with van der Waals surface area (Å²) in [6.45, 7) is 4.35. The van der Waals surface area contributed by atoms with Crippen LogP contribution in [0.15, 0.2) is 28.7 Å². The number of aromatic nitrogens is 2. The molecule has 0 unspecified atom stereocenters. The molecule has 3 nitrogen and oxygen atoms in total. The van der Waals surface area contributed by atoms with Gasteiger partial charge in [0.25, 0.3) is 0 Å². The van der Waals surface area contributed by atoms with Gasteiger partial charge in [-0.3, -0.25) is 0 Å². The number of ether oxygens (including phenoxy) is 1. The number of methoxy groups -OCH3 is 1. The van der Waals surface area contributed by atoms with Crippen LogP contribution in [0.3, 0.4) is 0 Å². The van der Waals surface area contributed by atoms with Crippen molar-refractivity contribution in [1.82, 2.24) is 9.97 Å². The second kappa shape index (κ2) is 6.50. The number of H-pyrrole nitrogens is 1. The van der Waals surface area contributed by atoms with Gasteiger partial charge in [0.2, 0.25) is 0 Å². The largest absolute Gasteiger partial charge is 0.496 e. The van der Waals surface area contributed by atoms with Crippen LogP contribution >= 0.6 is 28.1 Å². The minimum Gasteiger partial charge on any atom is -0.496 e. The number of para-hydroxylation sites is 1. The van der Waals surface area contributed by atoms with Gasteiger partial charge in [0.05, 0.1) is 17.1 Å². The van der Waals surface area contributed by atoms with E-state index in [1.807, 2.05) is 24.3 Å². The Morgan fingerprint density at radius 2 is 2.05 bits per heavy atom. The molecule has 0 atom stereocenters. The first kappa shape index (κ1) is 15.2. The maximum atomic E-state index is 5.39. The lowest BCUT2D eigenvalue weighted by atomic mass is 10.1. The summed E-state index contributed by atoms with van der Waals surface area (Å²) in [6, 6.07) is 7.78. The molecule has 0 saturated heterocycles. The summed E-state index contributed by atoms with van der Waals surface area (Å²) >= 11 is 8.86. The number of aromatic amines is 1. The maximum Gasteiger partial charge on any atom is 0.144 e. The van der Waals surface area contributed by atoms with Gasteiger partial charge in [-0.2, -0.15) is 0 Å². The molecule has 0 radical (unpaired) electrons. The second-order valence-electron chi connectivity index (χ2n) is 4.98. The molecule has 0 fully saturated rings. The molecular weight excluding hydrogens is 336 g/mol. The zero-order valence-electron chi connectivity index (χ0n) is 11.7. The van der Waals surface area contributed by atoms with E-state index in [9.17, 15) is 0 Å². The van der Waals surface area contributed by atoms with Gasteiger partial charge in [0, 0.05) is 5.69 Å². The van der Waals surface area contributed by atoms with Crippen molar-refractivity contribution >= 4 is 28.1 Å². The highest BCUT2D eigenvalue weighted by Crippen LogP contribution is 2.29. The number of nitrogens with one attached hydrogen (secondary N) is 1. The molecule has 2 aromatic rings. The van der Waals surface area contributed by atoms with E-state index in [0.29, 0.717) is 10.6 Å². The molecule has 106 valence electrons. The van der Waals surface area contributed by atoms with Gasteiger partial charge in [-0.15, -0.1) is 0 Å². The van der Waals surface area contributed by atoms with E-state index in [4.69, 9.17) is 17.0 Å². The molecule has 1 aromatic carbocycles. The first-order valence-electron chi connectivity index (χ1n) is 6.45. The quantitative estimate of drug-likeness (QED) is 0.804. The van der Waals surface area contributed by atoms with E-state index in [0.717, 1.165) is 33.7 Å². The van der Waals surface area contributed by atoms with E-state index in [1.165, 1.54) is 0 Å². The van der Waals surface area contributed by atoms with Crippen LogP contribution < -0.4 is 4.74 Å². The lowest BCUT2D eigenvalue weighted by Crippen LogP contribution is -2.03. The molecular formula is C15H17BrN2OS. The Labute approximate surface area is 132 Å². The molecule has 0 amide bonds. The van der Waals surface area contributed by atoms with Crippen molar-refractivity contribution in [2.75, 3.05) is 7.11 Å². The normalized spacial score (nSPS) is 10.8. The van der Waals surface area contributed by atoms with Gasteiger partial charge in [-0.1, -0.05) is 38.2 Å². The van der Waals surface area contributed by atoms with Crippen LogP contribution in [-0.4, -0.2) is 17.1 Å². The molecule has 5 heteroatoms. The molecule has 0 aliphatic carbocycles. The Kier molecular flexibility index (Phi) is 4.94. The summed E-state index contributed by atoms with van der Waals surface area (Å²) in [6.07, 6.45) is 0.912. The van der Waals surface area contributed by atoms with Gasteiger partial charge in [-0.05, 0) is 40.4 Å². The maximum absolute atomic E-state index is 5.39. The number of hydrogen-bond donors (Lipinski definition) is 1. The van der Waals surface area contributed by atoms with Crippen LogP contribution in [-0.2, 0) is 6.42 Å². The van der Waals surface area contributed by atoms with Crippen molar-refractivity contribution in [2.45, 2.75) is 20.3 Å². The Morgan fingerprint density at radius 3 is 2.70 bits per heavy atom. The monoisotopic (exact) mass is 352 g/mol. The molecule has 0 spiro atoms. The Morgan fingerprint density at radius 1 is 1.35 bits per heavy atom. The van der Waals surface area contributed by atoms with Crippen molar-refractivity contribution in [3.8, 4) is 17.1 Å². The van der Waals surface area contributed by atoms with Crippen LogP contribution in [0, 0.1) is 10.6 Å². The van der Waals surface area contributed by atoms with E-state index >= 15 is 0 Å². The Hall–Kier alpha value is -1.20. The van der Waals surface area contributed by atoms with Crippen molar-refractivity contribution in [1.29, 1.82) is 0 Å². The molecule has 0 saturated carbocycles. The summed E-state index contributed by atoms with van der Waals surface area (Å²) in [5.74, 6) is 2.06. The number of rotatable bonds is 4.